The number of alkyl halides is 2. The normalized spacial score (nSPS) is 22.3. The lowest BCUT2D eigenvalue weighted by Crippen LogP contribution is -2.66. The van der Waals surface area contributed by atoms with Crippen molar-refractivity contribution >= 4 is 23.3 Å². The van der Waals surface area contributed by atoms with Crippen molar-refractivity contribution in [3.63, 3.8) is 0 Å². The molecule has 1 aliphatic rings. The number of Topliss-reactive ketones (excluding diaryl/α,β-unsaturated/α-hetero) is 2. The number of anilines is 1. The van der Waals surface area contributed by atoms with Gasteiger partial charge in [0.2, 0.25) is 17.6 Å². The van der Waals surface area contributed by atoms with Gasteiger partial charge in [-0.05, 0) is 25.1 Å². The number of nitrogens with one attached hydrogen (secondary N) is 1. The Morgan fingerprint density at radius 1 is 0.884 bits per heavy atom. The second-order valence-electron chi connectivity index (χ2n) is 10.1. The molecule has 5 rings (SSSR count). The Kier molecular flexibility index (Phi) is 7.61. The van der Waals surface area contributed by atoms with E-state index in [9.17, 15) is 29.4 Å². The summed E-state index contributed by atoms with van der Waals surface area (Å²) in [6, 6.07) is 22.8. The highest BCUT2D eigenvalue weighted by Crippen LogP contribution is 2.53. The number of nitrogens with zero attached hydrogens (tertiary/aromatic N) is 2. The largest absolute Gasteiger partial charge is 0.379 e. The molecule has 43 heavy (non-hydrogen) atoms. The maximum absolute atomic E-state index is 16.4. The van der Waals surface area contributed by atoms with Crippen molar-refractivity contribution < 1.29 is 38.1 Å². The monoisotopic (exact) mass is 589 g/mol. The minimum atomic E-state index is -4.59. The molecule has 3 aromatic carbocycles. The number of ketones is 2. The van der Waals surface area contributed by atoms with Crippen LogP contribution in [0.4, 0.5) is 14.6 Å². The number of hydrogen-bond donors (Lipinski definition) is 3. The lowest BCUT2D eigenvalue weighted by molar-refractivity contribution is -0.168. The maximum Gasteiger partial charge on any atom is 0.351 e. The number of aliphatic hydroxyl groups is 2. The summed E-state index contributed by atoms with van der Waals surface area (Å²) in [5.41, 5.74) is -8.26. The summed E-state index contributed by atoms with van der Waals surface area (Å²) in [6.07, 6.45) is -4.41. The highest BCUT2D eigenvalue weighted by molar-refractivity contribution is 6.07. The number of amides is 1. The van der Waals surface area contributed by atoms with Crippen LogP contribution < -0.4 is 11.0 Å². The predicted molar refractivity (Wildman–Crippen MR) is 149 cm³/mol. The van der Waals surface area contributed by atoms with Crippen LogP contribution in [-0.4, -0.2) is 60.5 Å². The molecule has 4 aromatic rings. The Hall–Kier alpha value is -4.91. The molecule has 1 amide bonds. The third kappa shape index (κ3) is 5.05. The van der Waals surface area contributed by atoms with Crippen molar-refractivity contribution in [2.45, 2.75) is 36.4 Å². The second kappa shape index (κ2) is 11.1. The van der Waals surface area contributed by atoms with Crippen molar-refractivity contribution in [1.29, 1.82) is 0 Å². The lowest BCUT2D eigenvalue weighted by atomic mass is 9.74. The molecule has 4 atom stereocenters. The smallest absolute Gasteiger partial charge is 0.351 e. The predicted octanol–water partition coefficient (Wildman–Crippen LogP) is 3.28. The van der Waals surface area contributed by atoms with E-state index in [2.05, 4.69) is 10.3 Å². The van der Waals surface area contributed by atoms with Crippen LogP contribution in [-0.2, 0) is 4.74 Å². The molecule has 0 spiro atoms. The van der Waals surface area contributed by atoms with Crippen LogP contribution in [0.5, 0.6) is 0 Å². The van der Waals surface area contributed by atoms with Gasteiger partial charge in [0.05, 0.1) is 0 Å². The van der Waals surface area contributed by atoms with Crippen molar-refractivity contribution in [2.75, 3.05) is 5.32 Å². The van der Waals surface area contributed by atoms with Gasteiger partial charge in [0, 0.05) is 22.9 Å². The standard InChI is InChI=1S/C31H25F2N3O7/c1-29(41,23(37)19-11-5-2-6-12-19)26-30(42,24(38)20-13-7-3-8-14-20)31(32,33)27(43-26)36-18-17-22(35-28(36)40)34-25(39)21-15-9-4-10-16-21/h2-18,26-27,41-42H,1H3,(H,34,35,39,40)/t26-,27-,29?,30-/m1/s1. The first-order chi connectivity index (χ1) is 20.4. The molecule has 1 aliphatic heterocycles. The fraction of sp³-hybridized carbons (Fsp3) is 0.194. The third-order valence-electron chi connectivity index (χ3n) is 7.21. The molecule has 1 unspecified atom stereocenters. The zero-order chi connectivity index (χ0) is 31.0. The van der Waals surface area contributed by atoms with Gasteiger partial charge < -0.3 is 20.3 Å². The summed E-state index contributed by atoms with van der Waals surface area (Å²) >= 11 is 0. The van der Waals surface area contributed by atoms with E-state index in [4.69, 9.17) is 4.74 Å². The fourth-order valence-corrected chi connectivity index (χ4v) is 4.97. The van der Waals surface area contributed by atoms with Gasteiger partial charge in [-0.25, -0.2) is 4.79 Å². The molecular formula is C31H25F2N3O7. The first-order valence-electron chi connectivity index (χ1n) is 13.0. The summed E-state index contributed by atoms with van der Waals surface area (Å²) in [5, 5.41) is 25.4. The molecule has 0 saturated carbocycles. The van der Waals surface area contributed by atoms with Crippen molar-refractivity contribution in [3.05, 3.63) is 130 Å². The van der Waals surface area contributed by atoms with Crippen molar-refractivity contribution in [3.8, 4) is 0 Å². The molecule has 0 bridgehead atoms. The second-order valence-corrected chi connectivity index (χ2v) is 10.1. The van der Waals surface area contributed by atoms with Crippen molar-refractivity contribution in [1.82, 2.24) is 9.55 Å². The summed E-state index contributed by atoms with van der Waals surface area (Å²) in [6.45, 7) is 0.845. The lowest BCUT2D eigenvalue weighted by Gasteiger charge is -2.37. The average Bonchev–Trinajstić information content (AvgIpc) is 3.23. The number of halogens is 2. The van der Waals surface area contributed by atoms with E-state index in [0.717, 1.165) is 19.2 Å². The molecule has 1 aromatic heterocycles. The van der Waals surface area contributed by atoms with Crippen LogP contribution in [0.15, 0.2) is 108 Å². The van der Waals surface area contributed by atoms with Crippen LogP contribution in [0.2, 0.25) is 0 Å². The van der Waals surface area contributed by atoms with E-state index >= 15 is 8.78 Å². The molecule has 3 N–H and O–H groups in total. The van der Waals surface area contributed by atoms with E-state index in [-0.39, 0.29) is 22.5 Å². The minimum absolute atomic E-state index is 0.102. The molecule has 220 valence electrons. The number of rotatable bonds is 8. The Morgan fingerprint density at radius 2 is 1.40 bits per heavy atom. The van der Waals surface area contributed by atoms with Gasteiger partial charge in [0.15, 0.2) is 11.4 Å². The van der Waals surface area contributed by atoms with E-state index in [1.807, 2.05) is 0 Å². The Balaban J connectivity index is 1.56. The van der Waals surface area contributed by atoms with Crippen LogP contribution in [0.1, 0.15) is 44.2 Å². The highest BCUT2D eigenvalue weighted by atomic mass is 19.3. The Morgan fingerprint density at radius 3 is 1.93 bits per heavy atom. The van der Waals surface area contributed by atoms with Gasteiger partial charge in [0.25, 0.3) is 5.91 Å². The maximum atomic E-state index is 16.4. The molecule has 0 radical (unpaired) electrons. The molecule has 0 aliphatic carbocycles. The van der Waals surface area contributed by atoms with E-state index in [1.165, 1.54) is 66.7 Å². The van der Waals surface area contributed by atoms with Gasteiger partial charge in [0.1, 0.15) is 11.9 Å². The van der Waals surface area contributed by atoms with Gasteiger partial charge in [-0.3, -0.25) is 19.0 Å². The van der Waals surface area contributed by atoms with Crippen LogP contribution in [0, 0.1) is 0 Å². The zero-order valence-corrected chi connectivity index (χ0v) is 22.6. The number of ether oxygens (including phenoxy) is 1. The molecular weight excluding hydrogens is 564 g/mol. The van der Waals surface area contributed by atoms with E-state index in [1.54, 1.807) is 24.3 Å². The molecule has 1 fully saturated rings. The summed E-state index contributed by atoms with van der Waals surface area (Å²) in [4.78, 5) is 56.0. The number of aromatic nitrogens is 2. The SMILES string of the molecule is CC(O)(C(=O)c1ccccc1)[C@H]1O[C@@H](n2ccc(NC(=O)c3ccccc3)nc2=O)C(F)(F)[C@@]1(O)C(=O)c1ccccc1. The van der Waals surface area contributed by atoms with E-state index < -0.39 is 52.6 Å². The first kappa shape index (κ1) is 29.6. The van der Waals surface area contributed by atoms with Crippen LogP contribution in [0.3, 0.4) is 0 Å². The number of hydrogen-bond acceptors (Lipinski definition) is 8. The molecule has 12 heteroatoms. The van der Waals surface area contributed by atoms with Gasteiger partial charge in [-0.15, -0.1) is 0 Å². The highest BCUT2D eigenvalue weighted by Gasteiger charge is 2.77. The topological polar surface area (TPSA) is 148 Å². The zero-order valence-electron chi connectivity index (χ0n) is 22.6. The van der Waals surface area contributed by atoms with Crippen LogP contribution >= 0.6 is 0 Å². The Bertz CT molecular complexity index is 1730. The quantitative estimate of drug-likeness (QED) is 0.265. The first-order valence-corrected chi connectivity index (χ1v) is 13.0. The third-order valence-corrected chi connectivity index (χ3v) is 7.21. The fourth-order valence-electron chi connectivity index (χ4n) is 4.97. The van der Waals surface area contributed by atoms with E-state index in [0.29, 0.717) is 4.57 Å². The van der Waals surface area contributed by atoms with Crippen molar-refractivity contribution in [2.24, 2.45) is 0 Å². The van der Waals surface area contributed by atoms with Crippen LogP contribution in [0.25, 0.3) is 0 Å². The molecule has 2 heterocycles. The molecule has 1 saturated heterocycles. The summed E-state index contributed by atoms with van der Waals surface area (Å²) in [5.74, 6) is -8.13. The van der Waals surface area contributed by atoms with Gasteiger partial charge in [-0.1, -0.05) is 78.9 Å². The Labute approximate surface area is 243 Å². The summed E-state index contributed by atoms with van der Waals surface area (Å²) in [7, 11) is 0. The number of carbonyl (C=O) groups excluding carboxylic acids is 3. The number of benzene rings is 3. The number of carbonyl (C=O) groups is 3. The van der Waals surface area contributed by atoms with Gasteiger partial charge >= 0.3 is 11.6 Å². The average molecular weight is 590 g/mol. The van der Waals surface area contributed by atoms with Gasteiger partial charge in [-0.2, -0.15) is 13.8 Å². The minimum Gasteiger partial charge on any atom is -0.379 e. The molecule has 10 nitrogen and oxygen atoms in total. The summed E-state index contributed by atoms with van der Waals surface area (Å²) < 4.78 is 38.5.